The zero-order valence-corrected chi connectivity index (χ0v) is 11.8. The van der Waals surface area contributed by atoms with Gasteiger partial charge >= 0.3 is 0 Å². The Kier molecular flexibility index (Phi) is 2.44. The Hall–Kier alpha value is -2.14. The molecule has 0 fully saturated rings. The van der Waals surface area contributed by atoms with Crippen LogP contribution in [0.2, 0.25) is 0 Å². The second-order valence-electron chi connectivity index (χ2n) is 5.07. The van der Waals surface area contributed by atoms with Gasteiger partial charge in [0.15, 0.2) is 0 Å². The highest BCUT2D eigenvalue weighted by molar-refractivity contribution is 7.12. The summed E-state index contributed by atoms with van der Waals surface area (Å²) in [6.45, 7) is 2.11. The molecule has 1 aromatic carbocycles. The maximum Gasteiger partial charge on any atom is 0.217 e. The quantitative estimate of drug-likeness (QED) is 0.844. The van der Waals surface area contributed by atoms with Crippen LogP contribution in [0.15, 0.2) is 46.4 Å². The number of hydrogen-bond acceptors (Lipinski definition) is 5. The van der Waals surface area contributed by atoms with E-state index in [9.17, 15) is 0 Å². The van der Waals surface area contributed by atoms with Gasteiger partial charge in [-0.2, -0.15) is 4.99 Å². The molecule has 4 rings (SSSR count). The number of fused-ring (bicyclic) bond motifs is 3. The Bertz CT molecular complexity index is 744. The second kappa shape index (κ2) is 4.18. The number of benzene rings is 1. The highest BCUT2D eigenvalue weighted by atomic mass is 32.1. The number of rotatable bonds is 1. The zero-order chi connectivity index (χ0) is 13.7. The number of hydrogen-bond donors (Lipinski definition) is 2. The zero-order valence-electron chi connectivity index (χ0n) is 11.0. The van der Waals surface area contributed by atoms with Crippen LogP contribution in [0.25, 0.3) is 0 Å². The van der Waals surface area contributed by atoms with Gasteiger partial charge in [0.2, 0.25) is 5.96 Å². The summed E-state index contributed by atoms with van der Waals surface area (Å²) >= 11 is 1.77. The van der Waals surface area contributed by atoms with Gasteiger partial charge in [-0.05, 0) is 30.7 Å². The Labute approximate surface area is 121 Å². The van der Waals surface area contributed by atoms with Crippen molar-refractivity contribution in [2.75, 3.05) is 5.32 Å². The molecule has 3 N–H and O–H groups in total. The fourth-order valence-corrected chi connectivity index (χ4v) is 3.83. The number of aryl methyl sites for hydroxylation is 1. The van der Waals surface area contributed by atoms with E-state index in [4.69, 9.17) is 5.73 Å². The van der Waals surface area contributed by atoms with E-state index in [1.54, 1.807) is 11.3 Å². The molecule has 0 radical (unpaired) electrons. The van der Waals surface area contributed by atoms with Crippen LogP contribution in [0.5, 0.6) is 0 Å². The van der Waals surface area contributed by atoms with Gasteiger partial charge in [-0.3, -0.25) is 0 Å². The normalized spacial score (nSPS) is 23.4. The van der Waals surface area contributed by atoms with E-state index in [0.717, 1.165) is 11.5 Å². The molecule has 0 bridgehead atoms. The smallest absolute Gasteiger partial charge is 0.217 e. The monoisotopic (exact) mass is 282 g/mol. The number of nitrogens with zero attached hydrogens (tertiary/aromatic N) is 2. The number of nitrogens with one attached hydrogen (secondary N) is 1. The van der Waals surface area contributed by atoms with Crippen LogP contribution >= 0.6 is 11.3 Å². The minimum atomic E-state index is 0.0253. The number of thiophene rings is 1. The van der Waals surface area contributed by atoms with Crippen LogP contribution in [0.3, 0.4) is 0 Å². The molecule has 2 aromatic rings. The maximum atomic E-state index is 5.89. The topological polar surface area (TPSA) is 62.8 Å². The molecule has 4 nitrogen and oxygen atoms in total. The van der Waals surface area contributed by atoms with Gasteiger partial charge in [0.1, 0.15) is 11.9 Å². The Morgan fingerprint density at radius 3 is 2.85 bits per heavy atom. The molecule has 3 heterocycles. The van der Waals surface area contributed by atoms with Gasteiger partial charge in [0, 0.05) is 15.4 Å². The van der Waals surface area contributed by atoms with E-state index in [1.165, 1.54) is 15.3 Å². The Morgan fingerprint density at radius 2 is 2.05 bits per heavy atom. The first-order chi connectivity index (χ1) is 9.72. The highest BCUT2D eigenvalue weighted by Crippen LogP contribution is 2.46. The molecule has 0 amide bonds. The third kappa shape index (κ3) is 1.67. The molecular formula is C15H14N4S. The molecule has 2 atom stereocenters. The Morgan fingerprint density at radius 1 is 1.20 bits per heavy atom. The summed E-state index contributed by atoms with van der Waals surface area (Å²) in [5, 5.41) is 3.37. The number of amidine groups is 1. The highest BCUT2D eigenvalue weighted by Gasteiger charge is 2.39. The van der Waals surface area contributed by atoms with Crippen molar-refractivity contribution in [3.05, 3.63) is 51.7 Å². The fourth-order valence-electron chi connectivity index (χ4n) is 2.87. The van der Waals surface area contributed by atoms with Crippen molar-refractivity contribution in [1.29, 1.82) is 0 Å². The van der Waals surface area contributed by atoms with Crippen molar-refractivity contribution in [2.24, 2.45) is 15.7 Å². The molecule has 2 aliphatic heterocycles. The van der Waals surface area contributed by atoms with E-state index in [0.29, 0.717) is 5.96 Å². The minimum Gasteiger partial charge on any atom is -0.368 e. The molecule has 20 heavy (non-hydrogen) atoms. The van der Waals surface area contributed by atoms with Gasteiger partial charge in [-0.1, -0.05) is 18.2 Å². The minimum absolute atomic E-state index is 0.0253. The summed E-state index contributed by atoms with van der Waals surface area (Å²) in [4.78, 5) is 11.5. The van der Waals surface area contributed by atoms with Crippen molar-refractivity contribution in [1.82, 2.24) is 0 Å². The van der Waals surface area contributed by atoms with E-state index in [2.05, 4.69) is 52.6 Å². The molecule has 0 spiro atoms. The summed E-state index contributed by atoms with van der Waals surface area (Å²) in [5.74, 6) is 1.42. The van der Waals surface area contributed by atoms with Crippen LogP contribution < -0.4 is 11.1 Å². The van der Waals surface area contributed by atoms with Crippen molar-refractivity contribution >= 4 is 28.8 Å². The lowest BCUT2D eigenvalue weighted by Crippen LogP contribution is -2.28. The SMILES string of the molecule is Cc1ccc(C2N=C(N)N=C3Nc4ccccc4C32)s1. The van der Waals surface area contributed by atoms with E-state index in [1.807, 2.05) is 6.07 Å². The lowest BCUT2D eigenvalue weighted by atomic mass is 9.91. The summed E-state index contributed by atoms with van der Waals surface area (Å²) in [7, 11) is 0. The van der Waals surface area contributed by atoms with Crippen molar-refractivity contribution < 1.29 is 0 Å². The average Bonchev–Trinajstić information content (AvgIpc) is 3.00. The van der Waals surface area contributed by atoms with Gasteiger partial charge in [0.05, 0.1) is 5.92 Å². The summed E-state index contributed by atoms with van der Waals surface area (Å²) < 4.78 is 0. The molecule has 2 unspecified atom stereocenters. The second-order valence-corrected chi connectivity index (χ2v) is 6.39. The number of nitrogens with two attached hydrogens (primary N) is 1. The van der Waals surface area contributed by atoms with Crippen molar-refractivity contribution in [3.8, 4) is 0 Å². The molecule has 1 aromatic heterocycles. The molecule has 0 saturated carbocycles. The largest absolute Gasteiger partial charge is 0.368 e. The summed E-state index contributed by atoms with van der Waals surface area (Å²) in [6.07, 6.45) is 0. The number of para-hydroxylation sites is 1. The molecule has 100 valence electrons. The molecule has 0 aliphatic carbocycles. The Balaban J connectivity index is 1.85. The molecule has 0 saturated heterocycles. The molecule has 2 aliphatic rings. The van der Waals surface area contributed by atoms with Crippen LogP contribution in [0, 0.1) is 6.92 Å². The van der Waals surface area contributed by atoms with Crippen LogP contribution in [0.1, 0.15) is 27.3 Å². The van der Waals surface area contributed by atoms with E-state index in [-0.39, 0.29) is 12.0 Å². The van der Waals surface area contributed by atoms with E-state index < -0.39 is 0 Å². The predicted molar refractivity (Wildman–Crippen MR) is 83.7 cm³/mol. The molecular weight excluding hydrogens is 268 g/mol. The first-order valence-corrected chi connectivity index (χ1v) is 7.38. The van der Waals surface area contributed by atoms with Crippen molar-refractivity contribution in [2.45, 2.75) is 18.9 Å². The first-order valence-electron chi connectivity index (χ1n) is 6.56. The van der Waals surface area contributed by atoms with Crippen LogP contribution in [-0.2, 0) is 0 Å². The third-order valence-electron chi connectivity index (χ3n) is 3.73. The predicted octanol–water partition coefficient (Wildman–Crippen LogP) is 3.03. The third-order valence-corrected chi connectivity index (χ3v) is 4.80. The van der Waals surface area contributed by atoms with Gasteiger partial charge < -0.3 is 11.1 Å². The van der Waals surface area contributed by atoms with E-state index >= 15 is 0 Å². The first kappa shape index (κ1) is 11.7. The lowest BCUT2D eigenvalue weighted by molar-refractivity contribution is 0.685. The van der Waals surface area contributed by atoms with Crippen molar-refractivity contribution in [3.63, 3.8) is 0 Å². The van der Waals surface area contributed by atoms with Gasteiger partial charge in [-0.15, -0.1) is 11.3 Å². The molecule has 5 heteroatoms. The number of anilines is 1. The van der Waals surface area contributed by atoms with Gasteiger partial charge in [0.25, 0.3) is 0 Å². The van der Waals surface area contributed by atoms with Gasteiger partial charge in [-0.25, -0.2) is 4.99 Å². The van der Waals surface area contributed by atoms with Crippen LogP contribution in [-0.4, -0.2) is 11.8 Å². The standard InChI is InChI=1S/C15H14N4S/c1-8-6-7-11(20-8)13-12-9-4-2-3-5-10(9)17-14(12)19-15(16)18-13/h2-7,12-13H,1H3,(H3,16,17,18,19). The fraction of sp³-hybridized carbons (Fsp3) is 0.200. The number of guanidine groups is 1. The summed E-state index contributed by atoms with van der Waals surface area (Å²) in [6, 6.07) is 12.6. The maximum absolute atomic E-state index is 5.89. The van der Waals surface area contributed by atoms with Crippen LogP contribution in [0.4, 0.5) is 5.69 Å². The average molecular weight is 282 g/mol. The lowest BCUT2D eigenvalue weighted by Gasteiger charge is -2.23. The number of aliphatic imine (C=N–C) groups is 2. The summed E-state index contributed by atoms with van der Waals surface area (Å²) in [5.41, 5.74) is 8.25.